The van der Waals surface area contributed by atoms with Gasteiger partial charge in [-0.05, 0) is 36.8 Å². The molecule has 0 bridgehead atoms. The van der Waals surface area contributed by atoms with Crippen LogP contribution in [0.3, 0.4) is 0 Å². The van der Waals surface area contributed by atoms with Crippen molar-refractivity contribution in [1.82, 2.24) is 4.98 Å². The van der Waals surface area contributed by atoms with Gasteiger partial charge in [0.15, 0.2) is 0 Å². The van der Waals surface area contributed by atoms with Crippen LogP contribution in [0.1, 0.15) is 13.3 Å². The highest BCUT2D eigenvalue weighted by atomic mass is 16.5. The van der Waals surface area contributed by atoms with Gasteiger partial charge in [0.25, 0.3) is 0 Å². The second kappa shape index (κ2) is 6.80. The Hall–Kier alpha value is -2.23. The van der Waals surface area contributed by atoms with Gasteiger partial charge in [-0.15, -0.1) is 0 Å². The Labute approximate surface area is 120 Å². The number of benzene rings is 1. The van der Waals surface area contributed by atoms with Gasteiger partial charge >= 0.3 is 0 Å². The van der Waals surface area contributed by atoms with Gasteiger partial charge < -0.3 is 15.0 Å². The van der Waals surface area contributed by atoms with Gasteiger partial charge in [-0.3, -0.25) is 4.98 Å². The maximum Gasteiger partial charge on any atom is 0.119 e. The smallest absolute Gasteiger partial charge is 0.119 e. The van der Waals surface area contributed by atoms with Crippen LogP contribution in [0.2, 0.25) is 0 Å². The molecule has 0 atom stereocenters. The molecule has 1 aromatic heterocycles. The van der Waals surface area contributed by atoms with E-state index in [1.54, 1.807) is 7.11 Å². The molecule has 20 heavy (non-hydrogen) atoms. The third-order valence-electron chi connectivity index (χ3n) is 3.15. The van der Waals surface area contributed by atoms with E-state index in [1.165, 1.54) is 0 Å². The van der Waals surface area contributed by atoms with Crippen molar-refractivity contribution in [2.24, 2.45) is 0 Å². The Morgan fingerprint density at radius 1 is 1.15 bits per heavy atom. The van der Waals surface area contributed by atoms with Gasteiger partial charge in [0, 0.05) is 19.3 Å². The van der Waals surface area contributed by atoms with Crippen LogP contribution >= 0.6 is 0 Å². The van der Waals surface area contributed by atoms with Crippen molar-refractivity contribution in [3.8, 4) is 5.75 Å². The summed E-state index contributed by atoms with van der Waals surface area (Å²) < 4.78 is 5.18. The first-order valence-electron chi connectivity index (χ1n) is 6.81. The second-order valence-electron chi connectivity index (χ2n) is 4.62. The zero-order chi connectivity index (χ0) is 14.4. The van der Waals surface area contributed by atoms with Crippen molar-refractivity contribution >= 4 is 17.1 Å². The van der Waals surface area contributed by atoms with Crippen molar-refractivity contribution in [3.05, 3.63) is 42.7 Å². The van der Waals surface area contributed by atoms with E-state index in [1.807, 2.05) is 43.7 Å². The molecule has 2 rings (SSSR count). The normalized spacial score (nSPS) is 10.2. The van der Waals surface area contributed by atoms with Crippen molar-refractivity contribution in [2.45, 2.75) is 13.3 Å². The number of nitrogens with zero attached hydrogens (tertiary/aromatic N) is 2. The summed E-state index contributed by atoms with van der Waals surface area (Å²) in [4.78, 5) is 6.39. The molecule has 106 valence electrons. The molecule has 4 nitrogen and oxygen atoms in total. The van der Waals surface area contributed by atoms with E-state index in [-0.39, 0.29) is 0 Å². The Bertz CT molecular complexity index is 540. The fraction of sp³-hybridized carbons (Fsp3) is 0.312. The molecule has 4 heteroatoms. The average Bonchev–Trinajstić information content (AvgIpc) is 2.52. The highest BCUT2D eigenvalue weighted by molar-refractivity contribution is 5.65. The molecule has 0 aliphatic heterocycles. The number of pyridine rings is 1. The Morgan fingerprint density at radius 3 is 2.55 bits per heavy atom. The summed E-state index contributed by atoms with van der Waals surface area (Å²) in [6, 6.07) is 10.1. The van der Waals surface area contributed by atoms with Crippen LogP contribution in [0.5, 0.6) is 5.75 Å². The van der Waals surface area contributed by atoms with Gasteiger partial charge in [0.2, 0.25) is 0 Å². The van der Waals surface area contributed by atoms with Crippen LogP contribution in [-0.4, -0.2) is 25.7 Å². The fourth-order valence-corrected chi connectivity index (χ4v) is 1.93. The van der Waals surface area contributed by atoms with Crippen molar-refractivity contribution in [2.75, 3.05) is 30.9 Å². The zero-order valence-electron chi connectivity index (χ0n) is 12.3. The highest BCUT2D eigenvalue weighted by Gasteiger charge is 2.05. The van der Waals surface area contributed by atoms with Crippen LogP contribution in [0.25, 0.3) is 0 Å². The van der Waals surface area contributed by atoms with E-state index >= 15 is 0 Å². The SMILES string of the molecule is CCCNc1cncc(N(C)c2ccc(OC)cc2)c1. The molecule has 1 N–H and O–H groups in total. The molecule has 0 unspecified atom stereocenters. The van der Waals surface area contributed by atoms with Crippen molar-refractivity contribution in [3.63, 3.8) is 0 Å². The molecular weight excluding hydrogens is 250 g/mol. The maximum atomic E-state index is 5.18. The quantitative estimate of drug-likeness (QED) is 0.869. The van der Waals surface area contributed by atoms with E-state index in [9.17, 15) is 0 Å². The molecular formula is C16H21N3O. The van der Waals surface area contributed by atoms with Crippen molar-refractivity contribution < 1.29 is 4.74 Å². The van der Waals surface area contributed by atoms with Gasteiger partial charge in [-0.2, -0.15) is 0 Å². The monoisotopic (exact) mass is 271 g/mol. The lowest BCUT2D eigenvalue weighted by Crippen LogP contribution is -2.10. The highest BCUT2D eigenvalue weighted by Crippen LogP contribution is 2.26. The molecule has 1 heterocycles. The van der Waals surface area contributed by atoms with Crippen LogP contribution < -0.4 is 15.0 Å². The lowest BCUT2D eigenvalue weighted by molar-refractivity contribution is 0.415. The van der Waals surface area contributed by atoms with Gasteiger partial charge in [0.05, 0.1) is 30.9 Å². The number of rotatable bonds is 6. The summed E-state index contributed by atoms with van der Waals surface area (Å²) in [7, 11) is 3.70. The van der Waals surface area contributed by atoms with Gasteiger partial charge in [0.1, 0.15) is 5.75 Å². The van der Waals surface area contributed by atoms with Crippen LogP contribution in [-0.2, 0) is 0 Å². The number of anilines is 3. The molecule has 0 radical (unpaired) electrons. The van der Waals surface area contributed by atoms with Crippen molar-refractivity contribution in [1.29, 1.82) is 0 Å². The lowest BCUT2D eigenvalue weighted by Gasteiger charge is -2.20. The number of hydrogen-bond acceptors (Lipinski definition) is 4. The first-order chi connectivity index (χ1) is 9.74. The Balaban J connectivity index is 2.16. The minimum absolute atomic E-state index is 0.860. The fourth-order valence-electron chi connectivity index (χ4n) is 1.93. The van der Waals surface area contributed by atoms with Gasteiger partial charge in [-0.25, -0.2) is 0 Å². The number of ether oxygens (including phenoxy) is 1. The van der Waals surface area contributed by atoms with Crippen LogP contribution in [0.4, 0.5) is 17.1 Å². The van der Waals surface area contributed by atoms with Crippen LogP contribution in [0, 0.1) is 0 Å². The molecule has 0 amide bonds. The maximum absolute atomic E-state index is 5.18. The first kappa shape index (κ1) is 14.2. The molecule has 0 spiro atoms. The molecule has 0 saturated carbocycles. The number of aromatic nitrogens is 1. The van der Waals surface area contributed by atoms with E-state index in [0.717, 1.165) is 35.8 Å². The largest absolute Gasteiger partial charge is 0.497 e. The number of nitrogens with one attached hydrogen (secondary N) is 1. The molecule has 0 aliphatic rings. The molecule has 0 fully saturated rings. The minimum atomic E-state index is 0.860. The predicted octanol–water partition coefficient (Wildman–Crippen LogP) is 3.68. The summed E-state index contributed by atoms with van der Waals surface area (Å²) in [6.07, 6.45) is 4.81. The molecule has 2 aromatic rings. The lowest BCUT2D eigenvalue weighted by atomic mass is 10.2. The predicted molar refractivity (Wildman–Crippen MR) is 84.1 cm³/mol. The summed E-state index contributed by atoms with van der Waals surface area (Å²) in [6.45, 7) is 3.10. The minimum Gasteiger partial charge on any atom is -0.497 e. The molecule has 0 aliphatic carbocycles. The molecule has 1 aromatic carbocycles. The number of methoxy groups -OCH3 is 1. The topological polar surface area (TPSA) is 37.4 Å². The summed E-state index contributed by atoms with van der Waals surface area (Å²) in [5.41, 5.74) is 3.20. The van der Waals surface area contributed by atoms with E-state index in [2.05, 4.69) is 28.2 Å². The molecule has 0 saturated heterocycles. The summed E-state index contributed by atoms with van der Waals surface area (Å²) >= 11 is 0. The average molecular weight is 271 g/mol. The summed E-state index contributed by atoms with van der Waals surface area (Å²) in [5.74, 6) is 0.860. The van der Waals surface area contributed by atoms with Gasteiger partial charge in [-0.1, -0.05) is 6.92 Å². The van der Waals surface area contributed by atoms with E-state index in [0.29, 0.717) is 0 Å². The summed E-state index contributed by atoms with van der Waals surface area (Å²) in [5, 5.41) is 3.35. The first-order valence-corrected chi connectivity index (χ1v) is 6.81. The third kappa shape index (κ3) is 3.41. The van der Waals surface area contributed by atoms with Crippen LogP contribution in [0.15, 0.2) is 42.7 Å². The van der Waals surface area contributed by atoms with E-state index < -0.39 is 0 Å². The Morgan fingerprint density at radius 2 is 1.90 bits per heavy atom. The zero-order valence-corrected chi connectivity index (χ0v) is 12.3. The third-order valence-corrected chi connectivity index (χ3v) is 3.15. The second-order valence-corrected chi connectivity index (χ2v) is 4.62. The number of hydrogen-bond donors (Lipinski definition) is 1. The standard InChI is InChI=1S/C16H21N3O/c1-4-9-18-13-10-15(12-17-11-13)19(2)14-5-7-16(20-3)8-6-14/h5-8,10-12,18H,4,9H2,1-3H3. The Kier molecular flexibility index (Phi) is 4.82. The van der Waals surface area contributed by atoms with E-state index in [4.69, 9.17) is 4.74 Å².